The fourth-order valence-electron chi connectivity index (χ4n) is 3.74. The molecule has 1 saturated heterocycles. The highest BCUT2D eigenvalue weighted by Gasteiger charge is 2.43. The van der Waals surface area contributed by atoms with Crippen molar-refractivity contribution < 1.29 is 19.5 Å². The first kappa shape index (κ1) is 18.7. The van der Waals surface area contributed by atoms with Gasteiger partial charge in [0.25, 0.3) is 0 Å². The number of carbonyl (C=O) groups is 3. The predicted molar refractivity (Wildman–Crippen MR) is 90.4 cm³/mol. The summed E-state index contributed by atoms with van der Waals surface area (Å²) in [7, 11) is 0. The smallest absolute Gasteiger partial charge is 0.329 e. The maximum Gasteiger partial charge on any atom is 0.329 e. The van der Waals surface area contributed by atoms with Crippen LogP contribution in [0, 0.1) is 11.3 Å². The third-order valence-electron chi connectivity index (χ3n) is 5.20. The van der Waals surface area contributed by atoms with Gasteiger partial charge >= 0.3 is 5.97 Å². The number of carboxylic acids is 1. The fraction of sp³-hybridized carbons (Fsp3) is 0.833. The van der Waals surface area contributed by atoms with Crippen LogP contribution in [-0.4, -0.2) is 46.4 Å². The third-order valence-corrected chi connectivity index (χ3v) is 5.20. The molecule has 0 bridgehead atoms. The van der Waals surface area contributed by atoms with Gasteiger partial charge in [-0.05, 0) is 25.7 Å². The maximum absolute atomic E-state index is 12.7. The quantitative estimate of drug-likeness (QED) is 0.826. The average Bonchev–Trinajstić information content (AvgIpc) is 2.54. The van der Waals surface area contributed by atoms with Gasteiger partial charge in [0.05, 0.1) is 5.92 Å². The Balaban J connectivity index is 2.03. The third kappa shape index (κ3) is 4.08. The van der Waals surface area contributed by atoms with E-state index in [2.05, 4.69) is 5.32 Å². The van der Waals surface area contributed by atoms with Gasteiger partial charge in [0.15, 0.2) is 0 Å². The van der Waals surface area contributed by atoms with Crippen molar-refractivity contribution in [2.75, 3.05) is 13.1 Å². The van der Waals surface area contributed by atoms with Crippen molar-refractivity contribution in [3.63, 3.8) is 0 Å². The van der Waals surface area contributed by atoms with Crippen LogP contribution in [-0.2, 0) is 14.4 Å². The van der Waals surface area contributed by atoms with Crippen LogP contribution in [0.15, 0.2) is 0 Å². The van der Waals surface area contributed by atoms with Crippen molar-refractivity contribution in [1.82, 2.24) is 10.2 Å². The number of likely N-dealkylation sites (tertiary alicyclic amines) is 1. The highest BCUT2D eigenvalue weighted by Crippen LogP contribution is 2.30. The molecule has 0 unspecified atom stereocenters. The van der Waals surface area contributed by atoms with E-state index in [0.717, 1.165) is 25.7 Å². The summed E-state index contributed by atoms with van der Waals surface area (Å²) in [6, 6.07) is 0. The molecule has 6 nitrogen and oxygen atoms in total. The largest absolute Gasteiger partial charge is 0.480 e. The van der Waals surface area contributed by atoms with Gasteiger partial charge in [0.1, 0.15) is 5.54 Å². The molecule has 0 aromatic rings. The lowest BCUT2D eigenvalue weighted by Gasteiger charge is -2.39. The molecule has 2 aliphatic rings. The van der Waals surface area contributed by atoms with Gasteiger partial charge in [0.2, 0.25) is 11.8 Å². The van der Waals surface area contributed by atoms with Gasteiger partial charge in [-0.25, -0.2) is 4.79 Å². The Hall–Kier alpha value is -1.59. The number of carbonyl (C=O) groups excluding carboxylic acids is 2. The SMILES string of the molecule is CC(C)(C)C(=O)N1CCC[C@@H](C(=O)NC2(C(=O)O)CCCCC2)C1. The zero-order chi connectivity index (χ0) is 18.0. The van der Waals surface area contributed by atoms with E-state index in [1.165, 1.54) is 0 Å². The summed E-state index contributed by atoms with van der Waals surface area (Å²) in [6.45, 7) is 6.68. The van der Waals surface area contributed by atoms with Crippen molar-refractivity contribution in [1.29, 1.82) is 0 Å². The van der Waals surface area contributed by atoms with E-state index >= 15 is 0 Å². The van der Waals surface area contributed by atoms with Gasteiger partial charge in [-0.1, -0.05) is 40.0 Å². The predicted octanol–water partition coefficient (Wildman–Crippen LogP) is 2.17. The molecule has 2 fully saturated rings. The first-order chi connectivity index (χ1) is 11.2. The molecule has 1 atom stereocenters. The lowest BCUT2D eigenvalue weighted by molar-refractivity contribution is -0.151. The number of nitrogens with zero attached hydrogens (tertiary/aromatic N) is 1. The molecule has 0 aromatic carbocycles. The minimum Gasteiger partial charge on any atom is -0.480 e. The number of hydrogen-bond donors (Lipinski definition) is 2. The Morgan fingerprint density at radius 1 is 1.08 bits per heavy atom. The van der Waals surface area contributed by atoms with E-state index in [1.807, 2.05) is 20.8 Å². The number of aliphatic carboxylic acids is 1. The highest BCUT2D eigenvalue weighted by molar-refractivity contribution is 5.89. The van der Waals surface area contributed by atoms with Gasteiger partial charge in [-0.2, -0.15) is 0 Å². The molecule has 2 amide bonds. The van der Waals surface area contributed by atoms with Crippen LogP contribution >= 0.6 is 0 Å². The second-order valence-corrected chi connectivity index (χ2v) is 8.28. The summed E-state index contributed by atoms with van der Waals surface area (Å²) < 4.78 is 0. The number of carboxylic acid groups (broad SMARTS) is 1. The molecule has 6 heteroatoms. The lowest BCUT2D eigenvalue weighted by Crippen LogP contribution is -2.58. The van der Waals surface area contributed by atoms with Crippen molar-refractivity contribution >= 4 is 17.8 Å². The van der Waals surface area contributed by atoms with Crippen LogP contribution in [0.2, 0.25) is 0 Å². The molecule has 1 aliphatic carbocycles. The second-order valence-electron chi connectivity index (χ2n) is 8.28. The molecule has 136 valence electrons. The Kier molecular flexibility index (Phi) is 5.56. The van der Waals surface area contributed by atoms with E-state index in [4.69, 9.17) is 0 Å². The van der Waals surface area contributed by atoms with Crippen LogP contribution in [0.5, 0.6) is 0 Å². The molecule has 24 heavy (non-hydrogen) atoms. The van der Waals surface area contributed by atoms with Gasteiger partial charge in [-0.3, -0.25) is 9.59 Å². The second kappa shape index (κ2) is 7.11. The van der Waals surface area contributed by atoms with Gasteiger partial charge in [-0.15, -0.1) is 0 Å². The topological polar surface area (TPSA) is 86.7 Å². The van der Waals surface area contributed by atoms with Crippen LogP contribution in [0.1, 0.15) is 65.7 Å². The molecule has 1 saturated carbocycles. The number of piperidine rings is 1. The summed E-state index contributed by atoms with van der Waals surface area (Å²) in [5.74, 6) is -1.42. The Morgan fingerprint density at radius 2 is 1.71 bits per heavy atom. The zero-order valence-corrected chi connectivity index (χ0v) is 15.1. The summed E-state index contributed by atoms with van der Waals surface area (Å²) in [6.07, 6.45) is 5.13. The first-order valence-electron chi connectivity index (χ1n) is 9.00. The molecule has 0 spiro atoms. The van der Waals surface area contributed by atoms with Crippen molar-refractivity contribution in [3.05, 3.63) is 0 Å². The Labute approximate surface area is 144 Å². The minimum atomic E-state index is -1.12. The lowest BCUT2D eigenvalue weighted by atomic mass is 9.81. The fourth-order valence-corrected chi connectivity index (χ4v) is 3.74. The van der Waals surface area contributed by atoms with Crippen molar-refractivity contribution in [3.8, 4) is 0 Å². The van der Waals surface area contributed by atoms with Crippen molar-refractivity contribution in [2.24, 2.45) is 11.3 Å². The maximum atomic E-state index is 12.7. The molecular formula is C18H30N2O4. The van der Waals surface area contributed by atoms with Crippen LogP contribution in [0.3, 0.4) is 0 Å². The van der Waals surface area contributed by atoms with E-state index in [1.54, 1.807) is 4.90 Å². The summed E-state index contributed by atoms with van der Waals surface area (Å²) >= 11 is 0. The minimum absolute atomic E-state index is 0.0469. The number of amides is 2. The summed E-state index contributed by atoms with van der Waals surface area (Å²) in [5.41, 5.74) is -1.59. The van der Waals surface area contributed by atoms with Crippen LogP contribution in [0.25, 0.3) is 0 Å². The first-order valence-corrected chi connectivity index (χ1v) is 9.00. The van der Waals surface area contributed by atoms with Crippen molar-refractivity contribution in [2.45, 2.75) is 71.3 Å². The van der Waals surface area contributed by atoms with Gasteiger partial charge < -0.3 is 15.3 Å². The zero-order valence-electron chi connectivity index (χ0n) is 15.1. The molecule has 0 aromatic heterocycles. The highest BCUT2D eigenvalue weighted by atomic mass is 16.4. The molecule has 2 N–H and O–H groups in total. The van der Waals surface area contributed by atoms with Crippen LogP contribution in [0.4, 0.5) is 0 Å². The van der Waals surface area contributed by atoms with E-state index in [0.29, 0.717) is 32.4 Å². The standard InChI is InChI=1S/C18H30N2O4/c1-17(2,3)15(22)20-11-7-8-13(12-20)14(21)19-18(16(23)24)9-5-4-6-10-18/h13H,4-12H2,1-3H3,(H,19,21)(H,23,24)/t13-/m1/s1. The number of nitrogens with one attached hydrogen (secondary N) is 1. The normalized spacial score (nSPS) is 24.3. The van der Waals surface area contributed by atoms with E-state index < -0.39 is 16.9 Å². The molecule has 1 aliphatic heterocycles. The number of hydrogen-bond acceptors (Lipinski definition) is 3. The molecular weight excluding hydrogens is 308 g/mol. The monoisotopic (exact) mass is 338 g/mol. The molecule has 0 radical (unpaired) electrons. The summed E-state index contributed by atoms with van der Waals surface area (Å²) in [5, 5.41) is 12.4. The number of rotatable bonds is 3. The average molecular weight is 338 g/mol. The Morgan fingerprint density at radius 3 is 2.25 bits per heavy atom. The Bertz CT molecular complexity index is 504. The van der Waals surface area contributed by atoms with E-state index in [-0.39, 0.29) is 17.7 Å². The van der Waals surface area contributed by atoms with E-state index in [9.17, 15) is 19.5 Å². The van der Waals surface area contributed by atoms with Gasteiger partial charge in [0, 0.05) is 18.5 Å². The van der Waals surface area contributed by atoms with Crippen LogP contribution < -0.4 is 5.32 Å². The summed E-state index contributed by atoms with van der Waals surface area (Å²) in [4.78, 5) is 38.6. The molecule has 2 rings (SSSR count). The molecule has 1 heterocycles.